The molecule has 0 radical (unpaired) electrons. The zero-order valence-electron chi connectivity index (χ0n) is 7.93. The minimum absolute atomic E-state index is 0.145. The van der Waals surface area contributed by atoms with E-state index in [0.717, 1.165) is 4.31 Å². The Morgan fingerprint density at radius 1 is 1.13 bits per heavy atom. The Balaban J connectivity index is 3.22. The van der Waals surface area contributed by atoms with Gasteiger partial charge in [-0.25, -0.2) is 8.42 Å². The lowest BCUT2D eigenvalue weighted by Crippen LogP contribution is -2.19. The van der Waals surface area contributed by atoms with Crippen LogP contribution in [0.2, 0.25) is 5.02 Å². The van der Waals surface area contributed by atoms with E-state index in [-0.39, 0.29) is 4.90 Å². The third kappa shape index (κ3) is 2.40. The Morgan fingerprint density at radius 2 is 1.60 bits per heavy atom. The second kappa shape index (κ2) is 4.51. The molecule has 0 saturated carbocycles. The van der Waals surface area contributed by atoms with E-state index in [1.807, 2.05) is 0 Å². The topological polar surface area (TPSA) is 37.4 Å². The van der Waals surface area contributed by atoms with Gasteiger partial charge in [-0.05, 0) is 24.3 Å². The highest BCUT2D eigenvalue weighted by molar-refractivity contribution is 7.89. The van der Waals surface area contributed by atoms with E-state index >= 15 is 0 Å². The van der Waals surface area contributed by atoms with Gasteiger partial charge in [0.1, 0.15) is 0 Å². The van der Waals surface area contributed by atoms with Crippen molar-refractivity contribution in [1.29, 1.82) is 0 Å². The number of hydrogen-bond acceptors (Lipinski definition) is 2. The molecule has 0 unspecified atom stereocenters. The molecule has 3 nitrogen and oxygen atoms in total. The van der Waals surface area contributed by atoms with Gasteiger partial charge in [0.05, 0.1) is 4.90 Å². The molecule has 0 amide bonds. The molecule has 1 aromatic carbocycles. The molecule has 0 bridgehead atoms. The molecule has 0 spiro atoms. The molecule has 5 heteroatoms. The van der Waals surface area contributed by atoms with Crippen LogP contribution in [-0.2, 0) is 10.0 Å². The summed E-state index contributed by atoms with van der Waals surface area (Å²) in [6, 6.07) is 5.88. The van der Waals surface area contributed by atoms with E-state index in [4.69, 9.17) is 11.6 Å². The molecule has 1 aromatic rings. The average Bonchev–Trinajstić information content (AvgIpc) is 2.19. The molecular weight excluding hydrogens is 234 g/mol. The molecule has 0 fully saturated rings. The molecule has 0 aliphatic rings. The number of benzene rings is 1. The third-order valence-electron chi connectivity index (χ3n) is 1.75. The van der Waals surface area contributed by atoms with E-state index < -0.39 is 10.0 Å². The minimum Gasteiger partial charge on any atom is -0.250 e. The van der Waals surface area contributed by atoms with Crippen molar-refractivity contribution in [3.63, 3.8) is 0 Å². The minimum atomic E-state index is -3.58. The normalized spacial score (nSPS) is 10.7. The van der Waals surface area contributed by atoms with E-state index in [0.29, 0.717) is 5.02 Å². The van der Waals surface area contributed by atoms with Crippen LogP contribution in [0.25, 0.3) is 0 Å². The van der Waals surface area contributed by atoms with Crippen molar-refractivity contribution < 1.29 is 8.42 Å². The van der Waals surface area contributed by atoms with Gasteiger partial charge in [-0.3, -0.25) is 4.31 Å². The average molecular weight is 244 g/mol. The molecule has 0 heterocycles. The van der Waals surface area contributed by atoms with Gasteiger partial charge in [0, 0.05) is 17.4 Å². The summed E-state index contributed by atoms with van der Waals surface area (Å²) < 4.78 is 24.6. The van der Waals surface area contributed by atoms with Crippen LogP contribution in [0.5, 0.6) is 0 Å². The van der Waals surface area contributed by atoms with Crippen LogP contribution >= 0.6 is 11.6 Å². The smallest absolute Gasteiger partial charge is 0.250 e. The number of rotatable bonds is 4. The first-order valence-corrected chi connectivity index (χ1v) is 5.88. The predicted molar refractivity (Wildman–Crippen MR) is 60.9 cm³/mol. The first kappa shape index (κ1) is 11.8. The van der Waals surface area contributed by atoms with Crippen molar-refractivity contribution in [2.24, 2.45) is 0 Å². The standard InChI is InChI=1S/C10H10ClNO2S/c1-3-12(4-2)15(13,14)10-7-5-9(11)6-8-10/h3-8H,1-2H2. The van der Waals surface area contributed by atoms with Gasteiger partial charge < -0.3 is 0 Å². The Kier molecular flexibility index (Phi) is 3.55. The molecular formula is C10H10ClNO2S. The quantitative estimate of drug-likeness (QED) is 0.815. The number of hydrogen-bond donors (Lipinski definition) is 0. The summed E-state index contributed by atoms with van der Waals surface area (Å²) in [6.07, 6.45) is 2.36. The van der Waals surface area contributed by atoms with E-state index in [1.54, 1.807) is 0 Å². The van der Waals surface area contributed by atoms with Gasteiger partial charge >= 0.3 is 0 Å². The molecule has 0 aromatic heterocycles. The Labute approximate surface area is 94.3 Å². The van der Waals surface area contributed by atoms with Gasteiger partial charge in [0.2, 0.25) is 0 Å². The van der Waals surface area contributed by atoms with Crippen LogP contribution < -0.4 is 0 Å². The maximum absolute atomic E-state index is 11.8. The molecule has 1 rings (SSSR count). The highest BCUT2D eigenvalue weighted by atomic mass is 35.5. The fourth-order valence-electron chi connectivity index (χ4n) is 0.999. The summed E-state index contributed by atoms with van der Waals surface area (Å²) in [5, 5.41) is 0.484. The van der Waals surface area contributed by atoms with Crippen molar-refractivity contribution >= 4 is 21.6 Å². The lowest BCUT2D eigenvalue weighted by Gasteiger charge is -2.14. The van der Waals surface area contributed by atoms with Crippen LogP contribution in [0.3, 0.4) is 0 Å². The van der Waals surface area contributed by atoms with Gasteiger partial charge in [0.25, 0.3) is 10.0 Å². The number of halogens is 1. The largest absolute Gasteiger partial charge is 0.267 e. The van der Waals surface area contributed by atoms with Crippen LogP contribution in [0.15, 0.2) is 54.7 Å². The number of sulfonamides is 1. The monoisotopic (exact) mass is 243 g/mol. The Morgan fingerprint density at radius 3 is 2.00 bits per heavy atom. The first-order chi connectivity index (χ1) is 7.02. The fraction of sp³-hybridized carbons (Fsp3) is 0. The third-order valence-corrected chi connectivity index (χ3v) is 3.72. The van der Waals surface area contributed by atoms with Gasteiger partial charge in [-0.1, -0.05) is 24.8 Å². The summed E-state index contributed by atoms with van der Waals surface area (Å²) >= 11 is 5.66. The molecule has 80 valence electrons. The van der Waals surface area contributed by atoms with E-state index in [2.05, 4.69) is 13.2 Å². The molecule has 0 aliphatic heterocycles. The summed E-state index contributed by atoms with van der Waals surface area (Å²) in [5.74, 6) is 0. The highest BCUT2D eigenvalue weighted by Gasteiger charge is 2.18. The molecule has 0 saturated heterocycles. The molecule has 0 atom stereocenters. The second-order valence-corrected chi connectivity index (χ2v) is 4.93. The van der Waals surface area contributed by atoms with Gasteiger partial charge in [-0.2, -0.15) is 0 Å². The van der Waals surface area contributed by atoms with E-state index in [9.17, 15) is 8.42 Å². The van der Waals surface area contributed by atoms with Crippen LogP contribution in [0.1, 0.15) is 0 Å². The zero-order valence-corrected chi connectivity index (χ0v) is 9.50. The lowest BCUT2D eigenvalue weighted by molar-refractivity contribution is 0.553. The van der Waals surface area contributed by atoms with Crippen LogP contribution in [0, 0.1) is 0 Å². The maximum atomic E-state index is 11.8. The van der Waals surface area contributed by atoms with Crippen molar-refractivity contribution in [1.82, 2.24) is 4.31 Å². The summed E-state index contributed by atoms with van der Waals surface area (Å²) in [4.78, 5) is 0.145. The highest BCUT2D eigenvalue weighted by Crippen LogP contribution is 2.18. The van der Waals surface area contributed by atoms with E-state index in [1.165, 1.54) is 36.7 Å². The number of nitrogens with zero attached hydrogens (tertiary/aromatic N) is 1. The second-order valence-electron chi connectivity index (χ2n) is 2.65. The van der Waals surface area contributed by atoms with Crippen molar-refractivity contribution in [2.75, 3.05) is 0 Å². The SMILES string of the molecule is C=CN(C=C)S(=O)(=O)c1ccc(Cl)cc1. The Hall–Kier alpha value is -1.26. The van der Waals surface area contributed by atoms with Crippen molar-refractivity contribution in [3.8, 4) is 0 Å². The predicted octanol–water partition coefficient (Wildman–Crippen LogP) is 2.62. The zero-order chi connectivity index (χ0) is 11.5. The summed E-state index contributed by atoms with van der Waals surface area (Å²) in [7, 11) is -3.58. The van der Waals surface area contributed by atoms with Crippen molar-refractivity contribution in [2.45, 2.75) is 4.90 Å². The summed E-state index contributed by atoms with van der Waals surface area (Å²) in [6.45, 7) is 6.78. The fourth-order valence-corrected chi connectivity index (χ4v) is 2.24. The Bertz CT molecular complexity index is 457. The lowest BCUT2D eigenvalue weighted by atomic mass is 10.4. The molecule has 0 aliphatic carbocycles. The van der Waals surface area contributed by atoms with Crippen LogP contribution in [0.4, 0.5) is 0 Å². The van der Waals surface area contributed by atoms with Gasteiger partial charge in [-0.15, -0.1) is 0 Å². The van der Waals surface area contributed by atoms with Crippen LogP contribution in [-0.4, -0.2) is 12.7 Å². The van der Waals surface area contributed by atoms with Gasteiger partial charge in [0.15, 0.2) is 0 Å². The first-order valence-electron chi connectivity index (χ1n) is 4.06. The van der Waals surface area contributed by atoms with Crippen molar-refractivity contribution in [3.05, 3.63) is 54.8 Å². The molecule has 0 N–H and O–H groups in total. The molecule has 15 heavy (non-hydrogen) atoms. The maximum Gasteiger partial charge on any atom is 0.267 e. The summed E-state index contributed by atoms with van der Waals surface area (Å²) in [5.41, 5.74) is 0.